The number of carbonyl (C=O) groups excluding carboxylic acids is 3. The first-order valence-corrected chi connectivity index (χ1v) is 13.9. The zero-order chi connectivity index (χ0) is 27.8. The molecule has 1 aromatic carbocycles. The highest BCUT2D eigenvalue weighted by atomic mass is 35.5. The Balaban J connectivity index is 1.33. The van der Waals surface area contributed by atoms with Gasteiger partial charge < -0.3 is 15.1 Å². The molecular formula is C26H25Cl4N5O4. The third-order valence-electron chi connectivity index (χ3n) is 7.04. The number of benzene rings is 1. The van der Waals surface area contributed by atoms with Crippen molar-refractivity contribution in [3.8, 4) is 11.3 Å². The van der Waals surface area contributed by atoms with E-state index in [1.54, 1.807) is 23.9 Å². The summed E-state index contributed by atoms with van der Waals surface area (Å²) in [6.07, 6.45) is 3.74. The second kappa shape index (κ2) is 11.5. The van der Waals surface area contributed by atoms with E-state index in [1.807, 2.05) is 6.07 Å². The first-order chi connectivity index (χ1) is 18.6. The molecule has 206 valence electrons. The van der Waals surface area contributed by atoms with Crippen molar-refractivity contribution < 1.29 is 18.8 Å². The van der Waals surface area contributed by atoms with Crippen LogP contribution in [-0.4, -0.2) is 46.1 Å². The van der Waals surface area contributed by atoms with Crippen LogP contribution >= 0.6 is 46.4 Å². The number of carbonyl (C=O) groups is 3. The Kier molecular flexibility index (Phi) is 8.26. The van der Waals surface area contributed by atoms with Gasteiger partial charge in [0.05, 0.1) is 32.5 Å². The molecular weight excluding hydrogens is 588 g/mol. The van der Waals surface area contributed by atoms with Crippen LogP contribution in [0.4, 0.5) is 0 Å². The Hall–Kier alpha value is -2.56. The van der Waals surface area contributed by atoms with Crippen molar-refractivity contribution in [1.29, 1.82) is 0 Å². The van der Waals surface area contributed by atoms with Gasteiger partial charge in [-0.25, -0.2) is 0 Å². The average molecular weight is 613 g/mol. The zero-order valence-electron chi connectivity index (χ0n) is 20.8. The summed E-state index contributed by atoms with van der Waals surface area (Å²) in [4.78, 5) is 37.8. The molecule has 1 aliphatic carbocycles. The lowest BCUT2D eigenvalue weighted by atomic mass is 9.81. The van der Waals surface area contributed by atoms with E-state index in [-0.39, 0.29) is 53.1 Å². The molecule has 5 rings (SSSR count). The van der Waals surface area contributed by atoms with Crippen LogP contribution in [0.5, 0.6) is 0 Å². The van der Waals surface area contributed by atoms with E-state index < -0.39 is 5.91 Å². The van der Waals surface area contributed by atoms with E-state index in [0.29, 0.717) is 39.3 Å². The molecule has 13 heteroatoms. The first kappa shape index (κ1) is 28.0. The van der Waals surface area contributed by atoms with Gasteiger partial charge in [-0.2, -0.15) is 5.10 Å². The number of piperidine rings is 1. The zero-order valence-corrected chi connectivity index (χ0v) is 23.8. The molecule has 9 nitrogen and oxygen atoms in total. The lowest BCUT2D eigenvalue weighted by Gasteiger charge is -2.37. The number of aryl methyl sites for hydroxylation is 1. The Morgan fingerprint density at radius 3 is 2.54 bits per heavy atom. The summed E-state index contributed by atoms with van der Waals surface area (Å²) in [5, 5.41) is 14.1. The van der Waals surface area contributed by atoms with E-state index >= 15 is 0 Å². The molecule has 1 aliphatic heterocycles. The van der Waals surface area contributed by atoms with E-state index in [4.69, 9.17) is 50.8 Å². The van der Waals surface area contributed by atoms with Crippen LogP contribution < -0.4 is 16.0 Å². The minimum absolute atomic E-state index is 0.0141. The van der Waals surface area contributed by atoms with Crippen LogP contribution in [0.15, 0.2) is 34.9 Å². The van der Waals surface area contributed by atoms with Crippen LogP contribution in [0.3, 0.4) is 0 Å². The van der Waals surface area contributed by atoms with Crippen LogP contribution in [0.2, 0.25) is 20.3 Å². The van der Waals surface area contributed by atoms with Crippen LogP contribution in [0, 0.1) is 5.92 Å². The summed E-state index contributed by atoms with van der Waals surface area (Å²) in [5.41, 5.74) is 1.83. The number of hydrogen-bond acceptors (Lipinski definition) is 6. The minimum atomic E-state index is -0.468. The number of amides is 3. The summed E-state index contributed by atoms with van der Waals surface area (Å²) < 4.78 is 7.11. The molecule has 0 radical (unpaired) electrons. The Morgan fingerprint density at radius 2 is 1.87 bits per heavy atom. The summed E-state index contributed by atoms with van der Waals surface area (Å²) in [7, 11) is 1.71. The van der Waals surface area contributed by atoms with Gasteiger partial charge >= 0.3 is 0 Å². The van der Waals surface area contributed by atoms with Crippen LogP contribution in [0.1, 0.15) is 47.7 Å². The first-order valence-electron chi connectivity index (χ1n) is 12.4. The normalized spacial score (nSPS) is 21.0. The largest absolute Gasteiger partial charge is 0.439 e. The molecule has 1 saturated carbocycles. The fourth-order valence-corrected chi connectivity index (χ4v) is 5.67. The van der Waals surface area contributed by atoms with Crippen molar-refractivity contribution in [3.63, 3.8) is 0 Å². The molecule has 0 spiro atoms. The molecule has 0 bridgehead atoms. The molecule has 3 heterocycles. The topological polar surface area (TPSA) is 118 Å². The maximum atomic E-state index is 13.3. The monoisotopic (exact) mass is 611 g/mol. The Morgan fingerprint density at radius 1 is 1.10 bits per heavy atom. The highest BCUT2D eigenvalue weighted by molar-refractivity contribution is 6.42. The van der Waals surface area contributed by atoms with Crippen molar-refractivity contribution in [3.05, 3.63) is 62.1 Å². The van der Waals surface area contributed by atoms with Gasteiger partial charge in [-0.3, -0.25) is 24.4 Å². The fourth-order valence-electron chi connectivity index (χ4n) is 4.86. The number of hydrogen-bond donors (Lipinski definition) is 3. The molecule has 2 aromatic heterocycles. The maximum Gasteiger partial charge on any atom is 0.287 e. The average Bonchev–Trinajstić information content (AvgIpc) is 3.61. The number of nitrogens with zero attached hydrogens (tertiary/aromatic N) is 2. The number of halogens is 4. The molecule has 39 heavy (non-hydrogen) atoms. The SMILES string of the molecule is Cn1ncc(Cl)c1-c1cc(C(=O)N[C@@H]2CNC(CC(=O)NC(=O)C3CC3)C[C@H]2c2ccc(Cl)c(Cl)c2)oc1Cl. The van der Waals surface area contributed by atoms with Crippen molar-refractivity contribution in [2.45, 2.75) is 43.7 Å². The van der Waals surface area contributed by atoms with E-state index in [0.717, 1.165) is 18.4 Å². The number of rotatable bonds is 7. The highest BCUT2D eigenvalue weighted by Gasteiger charge is 2.36. The number of furan rings is 1. The second-order valence-electron chi connectivity index (χ2n) is 9.85. The van der Waals surface area contributed by atoms with Crippen molar-refractivity contribution in [2.75, 3.05) is 6.54 Å². The third-order valence-corrected chi connectivity index (χ3v) is 8.34. The predicted octanol–water partition coefficient (Wildman–Crippen LogP) is 4.98. The standard InChI is InChI=1S/C26H25Cl4N5O4/c1-35-23(19(29)10-32-35)16-9-21(39-24(16)30)26(38)33-20-11-31-14(8-22(36)34-25(37)12-2-3-12)7-15(20)13-4-5-17(27)18(28)6-13/h4-6,9-10,12,14-15,20,31H,2-3,7-8,11H2,1H3,(H,33,38)(H,34,36,37)/t14?,15-,20+/m0/s1. The molecule has 1 unspecified atom stereocenters. The van der Waals surface area contributed by atoms with Gasteiger partial charge in [0.25, 0.3) is 5.91 Å². The minimum Gasteiger partial charge on any atom is -0.439 e. The van der Waals surface area contributed by atoms with Crippen molar-refractivity contribution in [1.82, 2.24) is 25.7 Å². The summed E-state index contributed by atoms with van der Waals surface area (Å²) >= 11 is 25.0. The number of aromatic nitrogens is 2. The van der Waals surface area contributed by atoms with Gasteiger partial charge in [0.2, 0.25) is 17.0 Å². The fraction of sp³-hybridized carbons (Fsp3) is 0.385. The number of imide groups is 1. The van der Waals surface area contributed by atoms with Gasteiger partial charge in [-0.05, 0) is 48.6 Å². The molecule has 1 saturated heterocycles. The lowest BCUT2D eigenvalue weighted by Crippen LogP contribution is -2.54. The van der Waals surface area contributed by atoms with Gasteiger partial charge in [0.15, 0.2) is 5.76 Å². The summed E-state index contributed by atoms with van der Waals surface area (Å²) in [5.74, 6) is -1.26. The smallest absolute Gasteiger partial charge is 0.287 e. The van der Waals surface area contributed by atoms with Crippen LogP contribution in [-0.2, 0) is 16.6 Å². The molecule has 3 amide bonds. The summed E-state index contributed by atoms with van der Waals surface area (Å²) in [6.45, 7) is 0.361. The van der Waals surface area contributed by atoms with E-state index in [2.05, 4.69) is 21.0 Å². The quantitative estimate of drug-likeness (QED) is 0.346. The van der Waals surface area contributed by atoms with Crippen molar-refractivity contribution >= 4 is 64.1 Å². The second-order valence-corrected chi connectivity index (χ2v) is 11.4. The molecule has 2 aliphatic rings. The number of nitrogens with one attached hydrogen (secondary N) is 3. The molecule has 3 atom stereocenters. The summed E-state index contributed by atoms with van der Waals surface area (Å²) in [6, 6.07) is 6.24. The Labute approximate surface area is 244 Å². The van der Waals surface area contributed by atoms with E-state index in [1.165, 1.54) is 12.3 Å². The van der Waals surface area contributed by atoms with Gasteiger partial charge in [0, 0.05) is 50.0 Å². The van der Waals surface area contributed by atoms with E-state index in [9.17, 15) is 14.4 Å². The molecule has 2 fully saturated rings. The van der Waals surface area contributed by atoms with Crippen LogP contribution in [0.25, 0.3) is 11.3 Å². The molecule has 3 aromatic rings. The van der Waals surface area contributed by atoms with Crippen molar-refractivity contribution in [2.24, 2.45) is 13.0 Å². The Bertz CT molecular complexity index is 1410. The van der Waals surface area contributed by atoms with Gasteiger partial charge in [-0.15, -0.1) is 0 Å². The third kappa shape index (κ3) is 6.28. The lowest BCUT2D eigenvalue weighted by molar-refractivity contribution is -0.131. The van der Waals surface area contributed by atoms with Gasteiger partial charge in [0.1, 0.15) is 0 Å². The molecule has 3 N–H and O–H groups in total. The maximum absolute atomic E-state index is 13.3. The van der Waals surface area contributed by atoms with Gasteiger partial charge in [-0.1, -0.05) is 40.9 Å². The highest BCUT2D eigenvalue weighted by Crippen LogP contribution is 2.36. The predicted molar refractivity (Wildman–Crippen MR) is 148 cm³/mol.